The van der Waals surface area contributed by atoms with Crippen molar-refractivity contribution in [2.45, 2.75) is 6.42 Å². The average Bonchev–Trinajstić information content (AvgIpc) is 2.63. The Bertz CT molecular complexity index is 811. The van der Waals surface area contributed by atoms with Gasteiger partial charge in [0.05, 0.1) is 0 Å². The monoisotopic (exact) mass is 296 g/mol. The van der Waals surface area contributed by atoms with Gasteiger partial charge >= 0.3 is 0 Å². The second-order valence-electron chi connectivity index (χ2n) is 5.49. The maximum Gasteiger partial charge on any atom is -0.00302 e. The largest absolute Gasteiger partial charge is 0.103 e. The van der Waals surface area contributed by atoms with Crippen LogP contribution in [0.1, 0.15) is 11.1 Å². The Balaban J connectivity index is 2.37. The van der Waals surface area contributed by atoms with E-state index in [1.807, 2.05) is 18.2 Å². The van der Waals surface area contributed by atoms with Crippen LogP contribution in [0.25, 0.3) is 28.3 Å². The maximum absolute atomic E-state index is 4.01. The van der Waals surface area contributed by atoms with Crippen molar-refractivity contribution in [3.63, 3.8) is 0 Å². The first kappa shape index (κ1) is 15.1. The Hall–Kier alpha value is -2.86. The van der Waals surface area contributed by atoms with Gasteiger partial charge in [0.2, 0.25) is 0 Å². The van der Waals surface area contributed by atoms with E-state index in [0.29, 0.717) is 0 Å². The third kappa shape index (κ3) is 3.02. The molecular weight excluding hydrogens is 276 g/mol. The Kier molecular flexibility index (Phi) is 4.54. The molecule has 0 nitrogen and oxygen atoms in total. The summed E-state index contributed by atoms with van der Waals surface area (Å²) >= 11 is 0. The van der Waals surface area contributed by atoms with Gasteiger partial charge in [-0.05, 0) is 39.8 Å². The lowest BCUT2D eigenvalue weighted by atomic mass is 9.86. The SMILES string of the molecule is C=CCc1ccc(C=C)c(-c2ccccc2)c1-c1ccccc1. The summed E-state index contributed by atoms with van der Waals surface area (Å²) in [5.74, 6) is 0. The zero-order valence-corrected chi connectivity index (χ0v) is 13.2. The first-order valence-corrected chi connectivity index (χ1v) is 7.85. The van der Waals surface area contributed by atoms with Gasteiger partial charge in [-0.2, -0.15) is 0 Å². The highest BCUT2D eigenvalue weighted by Gasteiger charge is 2.14. The number of hydrogen-bond acceptors (Lipinski definition) is 0. The minimum Gasteiger partial charge on any atom is -0.103 e. The van der Waals surface area contributed by atoms with Gasteiger partial charge in [-0.1, -0.05) is 91.5 Å². The molecule has 0 aliphatic heterocycles. The van der Waals surface area contributed by atoms with Gasteiger partial charge in [-0.25, -0.2) is 0 Å². The van der Waals surface area contributed by atoms with Crippen molar-refractivity contribution < 1.29 is 0 Å². The topological polar surface area (TPSA) is 0 Å². The summed E-state index contributed by atoms with van der Waals surface area (Å²) in [6.45, 7) is 7.92. The molecule has 0 N–H and O–H groups in total. The molecule has 0 heterocycles. The van der Waals surface area contributed by atoms with E-state index in [2.05, 4.69) is 79.9 Å². The molecule has 112 valence electrons. The van der Waals surface area contributed by atoms with Crippen molar-refractivity contribution in [3.8, 4) is 22.3 Å². The first-order valence-electron chi connectivity index (χ1n) is 7.85. The third-order valence-corrected chi connectivity index (χ3v) is 4.03. The molecule has 0 spiro atoms. The van der Waals surface area contributed by atoms with E-state index >= 15 is 0 Å². The molecule has 0 saturated heterocycles. The van der Waals surface area contributed by atoms with Gasteiger partial charge in [0.25, 0.3) is 0 Å². The summed E-state index contributed by atoms with van der Waals surface area (Å²) in [6, 6.07) is 25.4. The van der Waals surface area contributed by atoms with E-state index in [1.54, 1.807) is 0 Å². The molecule has 0 aliphatic carbocycles. The van der Waals surface area contributed by atoms with Crippen LogP contribution in [0.5, 0.6) is 0 Å². The van der Waals surface area contributed by atoms with Gasteiger partial charge in [-0.15, -0.1) is 6.58 Å². The van der Waals surface area contributed by atoms with Gasteiger partial charge in [0, 0.05) is 0 Å². The van der Waals surface area contributed by atoms with Crippen molar-refractivity contribution in [1.29, 1.82) is 0 Å². The number of benzene rings is 3. The molecule has 0 amide bonds. The average molecular weight is 296 g/mol. The zero-order valence-electron chi connectivity index (χ0n) is 13.2. The van der Waals surface area contributed by atoms with Crippen molar-refractivity contribution in [2.75, 3.05) is 0 Å². The number of allylic oxidation sites excluding steroid dienone is 1. The number of hydrogen-bond donors (Lipinski definition) is 0. The molecule has 0 aromatic heterocycles. The molecule has 3 aromatic rings. The summed E-state index contributed by atoms with van der Waals surface area (Å²) in [4.78, 5) is 0. The van der Waals surface area contributed by atoms with Crippen LogP contribution in [0.15, 0.2) is 92.0 Å². The van der Waals surface area contributed by atoms with Crippen molar-refractivity contribution in [1.82, 2.24) is 0 Å². The number of rotatable bonds is 5. The van der Waals surface area contributed by atoms with Crippen LogP contribution >= 0.6 is 0 Å². The molecule has 0 bridgehead atoms. The van der Waals surface area contributed by atoms with E-state index < -0.39 is 0 Å². The fraction of sp³-hybridized carbons (Fsp3) is 0.0435. The highest BCUT2D eigenvalue weighted by atomic mass is 14.2. The second-order valence-corrected chi connectivity index (χ2v) is 5.49. The van der Waals surface area contributed by atoms with Crippen molar-refractivity contribution in [3.05, 3.63) is 103 Å². The predicted octanol–water partition coefficient (Wildman–Crippen LogP) is 6.39. The van der Waals surface area contributed by atoms with Gasteiger partial charge in [-0.3, -0.25) is 0 Å². The van der Waals surface area contributed by atoms with E-state index in [9.17, 15) is 0 Å². The Morgan fingerprint density at radius 2 is 1.22 bits per heavy atom. The Labute approximate surface area is 138 Å². The van der Waals surface area contributed by atoms with Crippen molar-refractivity contribution in [2.24, 2.45) is 0 Å². The second kappa shape index (κ2) is 6.93. The molecule has 0 fully saturated rings. The molecule has 0 aliphatic rings. The Morgan fingerprint density at radius 1 is 0.652 bits per heavy atom. The van der Waals surface area contributed by atoms with E-state index in [4.69, 9.17) is 0 Å². The van der Waals surface area contributed by atoms with E-state index in [1.165, 1.54) is 27.8 Å². The van der Waals surface area contributed by atoms with Crippen LogP contribution in [0.4, 0.5) is 0 Å². The minimum atomic E-state index is 0.849. The summed E-state index contributed by atoms with van der Waals surface area (Å²) in [5, 5.41) is 0. The normalized spacial score (nSPS) is 10.3. The molecule has 0 radical (unpaired) electrons. The summed E-state index contributed by atoms with van der Waals surface area (Å²) < 4.78 is 0. The third-order valence-electron chi connectivity index (χ3n) is 4.03. The quantitative estimate of drug-likeness (QED) is 0.478. The van der Waals surface area contributed by atoms with Crippen molar-refractivity contribution >= 4 is 6.08 Å². The van der Waals surface area contributed by atoms with Crippen LogP contribution < -0.4 is 0 Å². The van der Waals surface area contributed by atoms with Crippen LogP contribution in [0.2, 0.25) is 0 Å². The van der Waals surface area contributed by atoms with Crippen LogP contribution in [0.3, 0.4) is 0 Å². The molecule has 3 aromatic carbocycles. The van der Waals surface area contributed by atoms with E-state index in [-0.39, 0.29) is 0 Å². The predicted molar refractivity (Wildman–Crippen MR) is 101 cm³/mol. The van der Waals surface area contributed by atoms with Crippen LogP contribution in [0, 0.1) is 0 Å². The van der Waals surface area contributed by atoms with Gasteiger partial charge < -0.3 is 0 Å². The summed E-state index contributed by atoms with van der Waals surface area (Å²) in [6.07, 6.45) is 4.75. The molecular formula is C23H20. The molecule has 0 saturated carbocycles. The fourth-order valence-corrected chi connectivity index (χ4v) is 3.01. The smallest absolute Gasteiger partial charge is 0.00302 e. The summed E-state index contributed by atoms with van der Waals surface area (Å²) in [7, 11) is 0. The lowest BCUT2D eigenvalue weighted by Gasteiger charge is -2.18. The van der Waals surface area contributed by atoms with Gasteiger partial charge in [0.15, 0.2) is 0 Å². The molecule has 3 rings (SSSR count). The van der Waals surface area contributed by atoms with E-state index in [0.717, 1.165) is 12.0 Å². The summed E-state index contributed by atoms with van der Waals surface area (Å²) in [5.41, 5.74) is 7.40. The van der Waals surface area contributed by atoms with Crippen LogP contribution in [-0.2, 0) is 6.42 Å². The standard InChI is InChI=1S/C23H20/c1-3-11-19-17-16-18(4-2)22(20-12-7-5-8-13-20)23(19)21-14-9-6-10-15-21/h3-10,12-17H,1-2,11H2. The fourth-order valence-electron chi connectivity index (χ4n) is 3.01. The van der Waals surface area contributed by atoms with Gasteiger partial charge in [0.1, 0.15) is 0 Å². The lowest BCUT2D eigenvalue weighted by Crippen LogP contribution is -1.95. The lowest BCUT2D eigenvalue weighted by molar-refractivity contribution is 1.28. The minimum absolute atomic E-state index is 0.849. The zero-order chi connectivity index (χ0) is 16.1. The molecule has 0 atom stereocenters. The highest BCUT2D eigenvalue weighted by molar-refractivity contribution is 5.91. The molecule has 0 heteroatoms. The maximum atomic E-state index is 4.01. The molecule has 0 unspecified atom stereocenters. The Morgan fingerprint density at radius 3 is 1.74 bits per heavy atom. The van der Waals surface area contributed by atoms with Crippen LogP contribution in [-0.4, -0.2) is 0 Å². The highest BCUT2D eigenvalue weighted by Crippen LogP contribution is 2.38. The first-order chi connectivity index (χ1) is 11.3. The molecule has 23 heavy (non-hydrogen) atoms.